The summed E-state index contributed by atoms with van der Waals surface area (Å²) in [6, 6.07) is 11.6. The van der Waals surface area contributed by atoms with Gasteiger partial charge in [-0.2, -0.15) is 5.10 Å². The van der Waals surface area contributed by atoms with Gasteiger partial charge in [-0.1, -0.05) is 6.07 Å². The van der Waals surface area contributed by atoms with Gasteiger partial charge in [0.1, 0.15) is 11.3 Å². The van der Waals surface area contributed by atoms with Crippen molar-refractivity contribution in [3.8, 4) is 5.75 Å². The number of aromatic amines is 1. The van der Waals surface area contributed by atoms with E-state index in [2.05, 4.69) is 20.5 Å². The van der Waals surface area contributed by atoms with E-state index in [9.17, 15) is 0 Å². The van der Waals surface area contributed by atoms with Gasteiger partial charge < -0.3 is 10.1 Å². The third kappa shape index (κ3) is 2.35. The summed E-state index contributed by atoms with van der Waals surface area (Å²) in [6.07, 6.45) is 1.75. The van der Waals surface area contributed by atoms with Crippen molar-refractivity contribution in [2.75, 3.05) is 11.9 Å². The van der Waals surface area contributed by atoms with E-state index in [1.807, 2.05) is 43.3 Å². The normalized spacial score (nSPS) is 10.6. The van der Waals surface area contributed by atoms with Crippen LogP contribution in [0.15, 0.2) is 42.6 Å². The Hall–Kier alpha value is -2.56. The maximum absolute atomic E-state index is 5.47. The number of nitrogens with zero attached hydrogens (tertiary/aromatic N) is 2. The molecule has 1 aromatic carbocycles. The van der Waals surface area contributed by atoms with Gasteiger partial charge in [-0.15, -0.1) is 0 Å². The predicted molar refractivity (Wildman–Crippen MR) is 74.8 cm³/mol. The first kappa shape index (κ1) is 11.5. The molecule has 0 aliphatic rings. The van der Waals surface area contributed by atoms with E-state index in [1.54, 1.807) is 6.20 Å². The first-order chi connectivity index (χ1) is 9.36. The third-order valence-electron chi connectivity index (χ3n) is 2.73. The summed E-state index contributed by atoms with van der Waals surface area (Å²) in [6.45, 7) is 2.61. The molecule has 2 N–H and O–H groups in total. The lowest BCUT2D eigenvalue weighted by atomic mass is 10.3. The van der Waals surface area contributed by atoms with Crippen LogP contribution < -0.4 is 10.1 Å². The number of fused-ring (bicyclic) bond motifs is 1. The summed E-state index contributed by atoms with van der Waals surface area (Å²) in [7, 11) is 0. The molecule has 0 amide bonds. The van der Waals surface area contributed by atoms with Crippen LogP contribution in [0.2, 0.25) is 0 Å². The SMILES string of the molecule is CCOc1cccc(Nc2n[nH]c3cccnc23)c1. The highest BCUT2D eigenvalue weighted by molar-refractivity contribution is 5.87. The smallest absolute Gasteiger partial charge is 0.178 e. The van der Waals surface area contributed by atoms with Crippen LogP contribution in [0.4, 0.5) is 11.5 Å². The number of aromatic nitrogens is 3. The largest absolute Gasteiger partial charge is 0.494 e. The molecular formula is C14H14N4O. The molecule has 0 saturated heterocycles. The summed E-state index contributed by atoms with van der Waals surface area (Å²) in [4.78, 5) is 4.31. The third-order valence-corrected chi connectivity index (χ3v) is 2.73. The average molecular weight is 254 g/mol. The second-order valence-electron chi connectivity index (χ2n) is 4.06. The summed E-state index contributed by atoms with van der Waals surface area (Å²) >= 11 is 0. The van der Waals surface area contributed by atoms with Crippen molar-refractivity contribution in [3.05, 3.63) is 42.6 Å². The van der Waals surface area contributed by atoms with Gasteiger partial charge in [-0.05, 0) is 31.2 Å². The average Bonchev–Trinajstić information content (AvgIpc) is 2.83. The van der Waals surface area contributed by atoms with Gasteiger partial charge in [-0.3, -0.25) is 10.1 Å². The van der Waals surface area contributed by atoms with Crippen LogP contribution in [0, 0.1) is 0 Å². The number of ether oxygens (including phenoxy) is 1. The number of nitrogens with one attached hydrogen (secondary N) is 2. The van der Waals surface area contributed by atoms with E-state index in [-0.39, 0.29) is 0 Å². The zero-order valence-electron chi connectivity index (χ0n) is 10.6. The van der Waals surface area contributed by atoms with Crippen molar-refractivity contribution in [2.24, 2.45) is 0 Å². The molecule has 2 heterocycles. The lowest BCUT2D eigenvalue weighted by Crippen LogP contribution is -1.94. The van der Waals surface area contributed by atoms with Crippen molar-refractivity contribution >= 4 is 22.5 Å². The molecule has 5 heteroatoms. The van der Waals surface area contributed by atoms with Gasteiger partial charge in [0.2, 0.25) is 0 Å². The van der Waals surface area contributed by atoms with Crippen molar-refractivity contribution in [3.63, 3.8) is 0 Å². The summed E-state index contributed by atoms with van der Waals surface area (Å²) in [5, 5.41) is 10.4. The number of pyridine rings is 1. The van der Waals surface area contributed by atoms with Gasteiger partial charge in [0.05, 0.1) is 12.1 Å². The first-order valence-electron chi connectivity index (χ1n) is 6.16. The molecule has 0 atom stereocenters. The highest BCUT2D eigenvalue weighted by Gasteiger charge is 2.06. The molecule has 0 saturated carbocycles. The number of hydrogen-bond donors (Lipinski definition) is 2. The Morgan fingerprint density at radius 3 is 3.11 bits per heavy atom. The number of benzene rings is 1. The van der Waals surface area contributed by atoms with E-state index in [0.29, 0.717) is 12.4 Å². The molecule has 19 heavy (non-hydrogen) atoms. The maximum atomic E-state index is 5.47. The zero-order valence-corrected chi connectivity index (χ0v) is 10.6. The van der Waals surface area contributed by atoms with Crippen molar-refractivity contribution in [2.45, 2.75) is 6.92 Å². The lowest BCUT2D eigenvalue weighted by molar-refractivity contribution is 0.340. The summed E-state index contributed by atoms with van der Waals surface area (Å²) in [5.74, 6) is 1.55. The van der Waals surface area contributed by atoms with Crippen LogP contribution in [0.5, 0.6) is 5.75 Å². The van der Waals surface area contributed by atoms with Crippen LogP contribution in [-0.2, 0) is 0 Å². The summed E-state index contributed by atoms with van der Waals surface area (Å²) < 4.78 is 5.47. The molecule has 0 spiro atoms. The Kier molecular flexibility index (Phi) is 3.02. The molecule has 96 valence electrons. The number of rotatable bonds is 4. The minimum Gasteiger partial charge on any atom is -0.494 e. The van der Waals surface area contributed by atoms with Crippen LogP contribution in [0.3, 0.4) is 0 Å². The minimum absolute atomic E-state index is 0.649. The fourth-order valence-corrected chi connectivity index (χ4v) is 1.91. The van der Waals surface area contributed by atoms with Crippen molar-refractivity contribution in [1.82, 2.24) is 15.2 Å². The van der Waals surface area contributed by atoms with E-state index in [0.717, 1.165) is 22.5 Å². The van der Waals surface area contributed by atoms with Crippen molar-refractivity contribution in [1.29, 1.82) is 0 Å². The highest BCUT2D eigenvalue weighted by Crippen LogP contribution is 2.24. The maximum Gasteiger partial charge on any atom is 0.178 e. The second kappa shape index (κ2) is 4.97. The van der Waals surface area contributed by atoms with E-state index in [1.165, 1.54) is 0 Å². The fraction of sp³-hybridized carbons (Fsp3) is 0.143. The van der Waals surface area contributed by atoms with Gasteiger partial charge in [0.25, 0.3) is 0 Å². The number of H-pyrrole nitrogens is 1. The summed E-state index contributed by atoms with van der Waals surface area (Å²) in [5.41, 5.74) is 2.65. The minimum atomic E-state index is 0.649. The van der Waals surface area contributed by atoms with Gasteiger partial charge in [0.15, 0.2) is 5.82 Å². The predicted octanol–water partition coefficient (Wildman–Crippen LogP) is 3.10. The number of anilines is 2. The van der Waals surface area contributed by atoms with Crippen molar-refractivity contribution < 1.29 is 4.74 Å². The molecular weight excluding hydrogens is 240 g/mol. The Balaban J connectivity index is 1.90. The molecule has 0 aliphatic heterocycles. The molecule has 0 bridgehead atoms. The first-order valence-corrected chi connectivity index (χ1v) is 6.16. The monoisotopic (exact) mass is 254 g/mol. The van der Waals surface area contributed by atoms with Crippen LogP contribution in [0.25, 0.3) is 11.0 Å². The second-order valence-corrected chi connectivity index (χ2v) is 4.06. The Bertz CT molecular complexity index is 692. The van der Waals surface area contributed by atoms with Gasteiger partial charge in [0, 0.05) is 18.0 Å². The molecule has 0 unspecified atom stereocenters. The van der Waals surface area contributed by atoms with Gasteiger partial charge >= 0.3 is 0 Å². The van der Waals surface area contributed by atoms with E-state index >= 15 is 0 Å². The number of hydrogen-bond acceptors (Lipinski definition) is 4. The van der Waals surface area contributed by atoms with E-state index < -0.39 is 0 Å². The molecule has 2 aromatic heterocycles. The molecule has 3 aromatic rings. The van der Waals surface area contributed by atoms with Crippen LogP contribution >= 0.6 is 0 Å². The molecule has 3 rings (SSSR count). The molecule has 5 nitrogen and oxygen atoms in total. The molecule has 0 aliphatic carbocycles. The Morgan fingerprint density at radius 1 is 1.26 bits per heavy atom. The molecule has 0 fully saturated rings. The lowest BCUT2D eigenvalue weighted by Gasteiger charge is -2.06. The molecule has 0 radical (unpaired) electrons. The highest BCUT2D eigenvalue weighted by atomic mass is 16.5. The quantitative estimate of drug-likeness (QED) is 0.751. The standard InChI is InChI=1S/C14H14N4O/c1-2-19-11-6-3-5-10(9-11)16-14-13-12(17-18-14)7-4-8-15-13/h3-9H,2H2,1H3,(H2,16,17,18). The van der Waals surface area contributed by atoms with Gasteiger partial charge in [-0.25, -0.2) is 0 Å². The van der Waals surface area contributed by atoms with Crippen LogP contribution in [0.1, 0.15) is 6.92 Å². The Morgan fingerprint density at radius 2 is 2.21 bits per heavy atom. The topological polar surface area (TPSA) is 62.8 Å². The van der Waals surface area contributed by atoms with E-state index in [4.69, 9.17) is 4.74 Å². The fourth-order valence-electron chi connectivity index (χ4n) is 1.91. The Labute approximate surface area is 110 Å². The zero-order chi connectivity index (χ0) is 13.1. The van der Waals surface area contributed by atoms with Crippen LogP contribution in [-0.4, -0.2) is 21.8 Å².